The van der Waals surface area contributed by atoms with E-state index in [0.717, 1.165) is 11.3 Å². The lowest BCUT2D eigenvalue weighted by molar-refractivity contribution is 0.868. The zero-order chi connectivity index (χ0) is 11.5. The highest BCUT2D eigenvalue weighted by atomic mass is 32.2. The normalized spacial score (nSPS) is 11.5. The van der Waals surface area contributed by atoms with Gasteiger partial charge in [0.05, 0.1) is 10.2 Å². The predicted octanol–water partition coefficient (Wildman–Crippen LogP) is 4.92. The van der Waals surface area contributed by atoms with Gasteiger partial charge in [0.2, 0.25) is 0 Å². The van der Waals surface area contributed by atoms with E-state index in [1.165, 1.54) is 21.0 Å². The van der Waals surface area contributed by atoms with Crippen LogP contribution in [-0.2, 0) is 0 Å². The fourth-order valence-corrected chi connectivity index (χ4v) is 3.51. The average molecular weight is 251 g/mol. The van der Waals surface area contributed by atoms with Crippen LogP contribution in [0.25, 0.3) is 10.2 Å². The largest absolute Gasteiger partial charge is 0.230 e. The maximum absolute atomic E-state index is 4.67. The van der Waals surface area contributed by atoms with Gasteiger partial charge in [0.25, 0.3) is 0 Å². The molecule has 1 heterocycles. The van der Waals surface area contributed by atoms with E-state index in [9.17, 15) is 0 Å². The average Bonchev–Trinajstić information content (AvgIpc) is 2.67. The van der Waals surface area contributed by atoms with E-state index in [4.69, 9.17) is 0 Å². The summed E-state index contributed by atoms with van der Waals surface area (Å²) in [5.74, 6) is 1.74. The Morgan fingerprint density at radius 3 is 2.88 bits per heavy atom. The molecule has 0 radical (unpaired) electrons. The summed E-state index contributed by atoms with van der Waals surface area (Å²) in [6.45, 7) is 6.65. The first kappa shape index (κ1) is 11.9. The van der Waals surface area contributed by atoms with Crippen LogP contribution in [0.3, 0.4) is 0 Å². The van der Waals surface area contributed by atoms with Crippen molar-refractivity contribution in [2.24, 2.45) is 0 Å². The molecule has 1 aromatic carbocycles. The second-order valence-corrected chi connectivity index (χ2v) is 6.58. The number of nitrogens with zero attached hydrogens (tertiary/aromatic N) is 1. The molecule has 0 aliphatic heterocycles. The van der Waals surface area contributed by atoms with Crippen LogP contribution in [0.15, 0.2) is 22.5 Å². The number of hydrogen-bond donors (Lipinski definition) is 0. The fraction of sp³-hybridized carbons (Fsp3) is 0.462. The van der Waals surface area contributed by atoms with Crippen LogP contribution in [0.5, 0.6) is 0 Å². The van der Waals surface area contributed by atoms with Crippen LogP contribution in [0.4, 0.5) is 0 Å². The van der Waals surface area contributed by atoms with Crippen molar-refractivity contribution in [2.75, 3.05) is 5.75 Å². The van der Waals surface area contributed by atoms with E-state index < -0.39 is 0 Å². The summed E-state index contributed by atoms with van der Waals surface area (Å²) in [5.41, 5.74) is 2.54. The molecule has 3 heteroatoms. The molecule has 1 aromatic heterocycles. The highest BCUT2D eigenvalue weighted by Crippen LogP contribution is 2.31. The number of aromatic nitrogens is 1. The van der Waals surface area contributed by atoms with E-state index in [1.54, 1.807) is 0 Å². The van der Waals surface area contributed by atoms with Crippen molar-refractivity contribution in [1.29, 1.82) is 0 Å². The van der Waals surface area contributed by atoms with E-state index in [0.29, 0.717) is 5.92 Å². The summed E-state index contributed by atoms with van der Waals surface area (Å²) in [5, 5.41) is 0. The van der Waals surface area contributed by atoms with Gasteiger partial charge in [-0.15, -0.1) is 11.3 Å². The number of thioether (sulfide) groups is 1. The van der Waals surface area contributed by atoms with Crippen molar-refractivity contribution >= 4 is 33.3 Å². The maximum Gasteiger partial charge on any atom is 0.151 e. The number of hydrogen-bond acceptors (Lipinski definition) is 3. The van der Waals surface area contributed by atoms with Crippen LogP contribution in [0.1, 0.15) is 38.7 Å². The zero-order valence-electron chi connectivity index (χ0n) is 9.99. The van der Waals surface area contributed by atoms with E-state index in [2.05, 4.69) is 44.0 Å². The predicted molar refractivity (Wildman–Crippen MR) is 74.7 cm³/mol. The Morgan fingerprint density at radius 1 is 1.38 bits per heavy atom. The lowest BCUT2D eigenvalue weighted by Gasteiger charge is -2.03. The van der Waals surface area contributed by atoms with Gasteiger partial charge in [0, 0.05) is 5.75 Å². The smallest absolute Gasteiger partial charge is 0.151 e. The standard InChI is InChI=1S/C13H17NS2/c1-4-7-15-13-14-11-8-10(9(2)3)5-6-12(11)16-13/h5-6,8-9H,4,7H2,1-3H3. The van der Waals surface area contributed by atoms with Crippen LogP contribution in [-0.4, -0.2) is 10.7 Å². The first-order valence-electron chi connectivity index (χ1n) is 5.74. The molecule has 0 spiro atoms. The molecule has 0 fully saturated rings. The molecule has 0 N–H and O–H groups in total. The molecule has 0 atom stereocenters. The molecule has 0 bridgehead atoms. The molecule has 2 rings (SSSR count). The SMILES string of the molecule is CCCSc1nc2cc(C(C)C)ccc2s1. The second kappa shape index (κ2) is 5.19. The molecule has 0 unspecified atom stereocenters. The van der Waals surface area contributed by atoms with Gasteiger partial charge in [0.1, 0.15) is 0 Å². The minimum Gasteiger partial charge on any atom is -0.230 e. The molecular weight excluding hydrogens is 234 g/mol. The first-order chi connectivity index (χ1) is 7.70. The summed E-state index contributed by atoms with van der Waals surface area (Å²) in [6.07, 6.45) is 1.21. The number of thiazole rings is 1. The molecule has 86 valence electrons. The Bertz CT molecular complexity index is 474. The van der Waals surface area contributed by atoms with E-state index >= 15 is 0 Å². The lowest BCUT2D eigenvalue weighted by Crippen LogP contribution is -1.85. The third kappa shape index (κ3) is 2.58. The Morgan fingerprint density at radius 2 is 2.19 bits per heavy atom. The molecule has 0 saturated heterocycles. The highest BCUT2D eigenvalue weighted by Gasteiger charge is 2.06. The van der Waals surface area contributed by atoms with Gasteiger partial charge in [0.15, 0.2) is 4.34 Å². The third-order valence-corrected chi connectivity index (χ3v) is 4.87. The second-order valence-electron chi connectivity index (χ2n) is 4.21. The summed E-state index contributed by atoms with van der Waals surface area (Å²) < 4.78 is 2.51. The molecule has 16 heavy (non-hydrogen) atoms. The Kier molecular flexibility index (Phi) is 3.87. The molecule has 2 aromatic rings. The van der Waals surface area contributed by atoms with Crippen molar-refractivity contribution in [2.45, 2.75) is 37.4 Å². The van der Waals surface area contributed by atoms with Crippen molar-refractivity contribution in [1.82, 2.24) is 4.98 Å². The molecular formula is C13H17NS2. The summed E-state index contributed by atoms with van der Waals surface area (Å²) in [4.78, 5) is 4.67. The summed E-state index contributed by atoms with van der Waals surface area (Å²) in [6, 6.07) is 6.66. The van der Waals surface area contributed by atoms with Gasteiger partial charge in [-0.1, -0.05) is 38.6 Å². The quantitative estimate of drug-likeness (QED) is 0.715. The fourth-order valence-electron chi connectivity index (χ4n) is 1.53. The van der Waals surface area contributed by atoms with Gasteiger partial charge < -0.3 is 0 Å². The van der Waals surface area contributed by atoms with Crippen molar-refractivity contribution in [3.05, 3.63) is 23.8 Å². The van der Waals surface area contributed by atoms with Crippen molar-refractivity contribution in [3.63, 3.8) is 0 Å². The van der Waals surface area contributed by atoms with E-state index in [-0.39, 0.29) is 0 Å². The number of fused-ring (bicyclic) bond motifs is 1. The minimum atomic E-state index is 0.581. The molecule has 0 aliphatic carbocycles. The number of benzene rings is 1. The minimum absolute atomic E-state index is 0.581. The van der Waals surface area contributed by atoms with Crippen LogP contribution in [0, 0.1) is 0 Å². The molecule has 0 saturated carbocycles. The van der Waals surface area contributed by atoms with Gasteiger partial charge in [-0.05, 0) is 30.0 Å². The topological polar surface area (TPSA) is 12.9 Å². The van der Waals surface area contributed by atoms with Crippen LogP contribution < -0.4 is 0 Å². The highest BCUT2D eigenvalue weighted by molar-refractivity contribution is 8.01. The van der Waals surface area contributed by atoms with Crippen LogP contribution >= 0.6 is 23.1 Å². The third-order valence-electron chi connectivity index (χ3n) is 2.49. The molecule has 0 aliphatic rings. The maximum atomic E-state index is 4.67. The van der Waals surface area contributed by atoms with Crippen molar-refractivity contribution < 1.29 is 0 Å². The Balaban J connectivity index is 2.30. The van der Waals surface area contributed by atoms with Gasteiger partial charge in [-0.3, -0.25) is 0 Å². The molecule has 1 nitrogen and oxygen atoms in total. The monoisotopic (exact) mass is 251 g/mol. The Labute approximate surface area is 105 Å². The Hall–Kier alpha value is -0.540. The van der Waals surface area contributed by atoms with Gasteiger partial charge in [-0.2, -0.15) is 0 Å². The van der Waals surface area contributed by atoms with E-state index in [1.807, 2.05) is 23.1 Å². The summed E-state index contributed by atoms with van der Waals surface area (Å²) in [7, 11) is 0. The molecule has 0 amide bonds. The van der Waals surface area contributed by atoms with Gasteiger partial charge >= 0.3 is 0 Å². The van der Waals surface area contributed by atoms with Crippen molar-refractivity contribution in [3.8, 4) is 0 Å². The summed E-state index contributed by atoms with van der Waals surface area (Å²) >= 11 is 3.68. The zero-order valence-corrected chi connectivity index (χ0v) is 11.6. The lowest BCUT2D eigenvalue weighted by atomic mass is 10.0. The van der Waals surface area contributed by atoms with Gasteiger partial charge in [-0.25, -0.2) is 4.98 Å². The van der Waals surface area contributed by atoms with Crippen LogP contribution in [0.2, 0.25) is 0 Å². The number of rotatable bonds is 4. The first-order valence-corrected chi connectivity index (χ1v) is 7.54.